The second kappa shape index (κ2) is 11.4. The Hall–Kier alpha value is -5.97. The van der Waals surface area contributed by atoms with E-state index in [1.165, 1.54) is 31.3 Å². The average Bonchev–Trinajstić information content (AvgIpc) is 3.74. The first-order chi connectivity index (χ1) is 23.3. The monoisotopic (exact) mass is 620 g/mol. The quantitative estimate of drug-likeness (QED) is 0.185. The molecule has 0 atom stereocenters. The van der Waals surface area contributed by atoms with E-state index in [0.717, 1.165) is 44.9 Å². The van der Waals surface area contributed by atoms with Crippen molar-refractivity contribution in [1.29, 1.82) is 0 Å². The van der Waals surface area contributed by atoms with E-state index in [2.05, 4.69) is 138 Å². The second-order valence-corrected chi connectivity index (χ2v) is 12.7. The van der Waals surface area contributed by atoms with E-state index in [-0.39, 0.29) is 0 Å². The number of oxazole rings is 1. The van der Waals surface area contributed by atoms with E-state index in [9.17, 15) is 0 Å². The molecular weight excluding hydrogens is 593 g/mol. The van der Waals surface area contributed by atoms with Crippen molar-refractivity contribution < 1.29 is 4.42 Å². The molecule has 0 aliphatic rings. The van der Waals surface area contributed by atoms with E-state index in [1.807, 2.05) is 47.7 Å². The van der Waals surface area contributed by atoms with E-state index in [4.69, 9.17) is 9.40 Å². The minimum Gasteiger partial charge on any atom is -0.436 e. The van der Waals surface area contributed by atoms with Gasteiger partial charge in [0.15, 0.2) is 5.58 Å². The molecule has 7 aromatic carbocycles. The van der Waals surface area contributed by atoms with Gasteiger partial charge in [-0.3, -0.25) is 0 Å². The molecule has 0 saturated carbocycles. The van der Waals surface area contributed by atoms with Crippen molar-refractivity contribution >= 4 is 59.7 Å². The van der Waals surface area contributed by atoms with E-state index in [0.29, 0.717) is 5.89 Å². The molecule has 47 heavy (non-hydrogen) atoms. The Morgan fingerprint density at radius 3 is 1.70 bits per heavy atom. The van der Waals surface area contributed by atoms with Crippen molar-refractivity contribution in [2.45, 2.75) is 0 Å². The summed E-state index contributed by atoms with van der Waals surface area (Å²) in [5, 5.41) is 2.57. The fourth-order valence-corrected chi connectivity index (χ4v) is 7.43. The van der Waals surface area contributed by atoms with Crippen LogP contribution >= 0.6 is 11.3 Å². The number of thiophene rings is 1. The lowest BCUT2D eigenvalue weighted by atomic mass is 10.0. The first kappa shape index (κ1) is 27.3. The molecule has 2 heterocycles. The maximum absolute atomic E-state index is 6.18. The SMILES string of the molecule is c1ccc(-c2ccc(N(c3ccc(-c4ccc5nc(-c6ccccc6)oc5c4)cc3)c3ccc4sc5ccccc5c4c3)cc2)cc1. The van der Waals surface area contributed by atoms with Gasteiger partial charge in [-0.25, -0.2) is 4.98 Å². The Labute approximate surface area is 276 Å². The van der Waals surface area contributed by atoms with Crippen molar-refractivity contribution in [1.82, 2.24) is 4.98 Å². The van der Waals surface area contributed by atoms with Crippen LogP contribution in [0, 0.1) is 0 Å². The zero-order valence-electron chi connectivity index (χ0n) is 25.4. The molecule has 9 rings (SSSR count). The zero-order chi connectivity index (χ0) is 31.2. The lowest BCUT2D eigenvalue weighted by Gasteiger charge is -2.26. The molecule has 0 saturated heterocycles. The van der Waals surface area contributed by atoms with Crippen molar-refractivity contribution in [3.8, 4) is 33.7 Å². The maximum Gasteiger partial charge on any atom is 0.227 e. The molecule has 3 nitrogen and oxygen atoms in total. The summed E-state index contributed by atoms with van der Waals surface area (Å²) in [5.74, 6) is 0.636. The third-order valence-electron chi connectivity index (χ3n) is 8.72. The van der Waals surface area contributed by atoms with Crippen LogP contribution in [0.1, 0.15) is 0 Å². The van der Waals surface area contributed by atoms with Crippen LogP contribution in [0.25, 0.3) is 65.0 Å². The lowest BCUT2D eigenvalue weighted by molar-refractivity contribution is 0.620. The van der Waals surface area contributed by atoms with Gasteiger partial charge in [0.2, 0.25) is 5.89 Å². The highest BCUT2D eigenvalue weighted by molar-refractivity contribution is 7.25. The van der Waals surface area contributed by atoms with Gasteiger partial charge in [0.05, 0.1) is 0 Å². The van der Waals surface area contributed by atoms with Gasteiger partial charge in [0.1, 0.15) is 5.52 Å². The molecule has 0 aliphatic heterocycles. The van der Waals surface area contributed by atoms with Crippen LogP contribution in [0.3, 0.4) is 0 Å². The molecule has 0 spiro atoms. The van der Waals surface area contributed by atoms with Gasteiger partial charge in [0, 0.05) is 42.8 Å². The van der Waals surface area contributed by atoms with Gasteiger partial charge in [0.25, 0.3) is 0 Å². The molecule has 4 heteroatoms. The van der Waals surface area contributed by atoms with Crippen LogP contribution in [0.2, 0.25) is 0 Å². The number of aromatic nitrogens is 1. The van der Waals surface area contributed by atoms with Crippen LogP contribution in [0.4, 0.5) is 17.1 Å². The van der Waals surface area contributed by atoms with E-state index in [1.54, 1.807) is 0 Å². The van der Waals surface area contributed by atoms with Crippen molar-refractivity contribution in [3.63, 3.8) is 0 Å². The fraction of sp³-hybridized carbons (Fsp3) is 0. The van der Waals surface area contributed by atoms with Crippen molar-refractivity contribution in [2.75, 3.05) is 4.90 Å². The number of rotatable bonds is 6. The second-order valence-electron chi connectivity index (χ2n) is 11.6. The predicted molar refractivity (Wildman–Crippen MR) is 198 cm³/mol. The molecule has 0 N–H and O–H groups in total. The van der Waals surface area contributed by atoms with Gasteiger partial charge in [-0.1, -0.05) is 97.1 Å². The largest absolute Gasteiger partial charge is 0.436 e. The van der Waals surface area contributed by atoms with Gasteiger partial charge < -0.3 is 9.32 Å². The third-order valence-corrected chi connectivity index (χ3v) is 9.87. The summed E-state index contributed by atoms with van der Waals surface area (Å²) in [6, 6.07) is 59.9. The molecule has 222 valence electrons. The molecule has 2 aromatic heterocycles. The molecule has 0 fully saturated rings. The summed E-state index contributed by atoms with van der Waals surface area (Å²) in [7, 11) is 0. The highest BCUT2D eigenvalue weighted by Gasteiger charge is 2.16. The Morgan fingerprint density at radius 1 is 0.426 bits per heavy atom. The Bertz CT molecular complexity index is 2500. The maximum atomic E-state index is 6.18. The summed E-state index contributed by atoms with van der Waals surface area (Å²) in [6.07, 6.45) is 0. The van der Waals surface area contributed by atoms with Gasteiger partial charge >= 0.3 is 0 Å². The first-order valence-electron chi connectivity index (χ1n) is 15.7. The lowest BCUT2D eigenvalue weighted by Crippen LogP contribution is -2.09. The highest BCUT2D eigenvalue weighted by Crippen LogP contribution is 2.41. The van der Waals surface area contributed by atoms with Crippen molar-refractivity contribution in [2.24, 2.45) is 0 Å². The summed E-state index contributed by atoms with van der Waals surface area (Å²) >= 11 is 1.84. The van der Waals surface area contributed by atoms with Crippen LogP contribution in [-0.2, 0) is 0 Å². The molecule has 0 radical (unpaired) electrons. The van der Waals surface area contributed by atoms with Crippen LogP contribution in [0.15, 0.2) is 174 Å². The van der Waals surface area contributed by atoms with Crippen LogP contribution < -0.4 is 4.90 Å². The first-order valence-corrected chi connectivity index (χ1v) is 16.5. The summed E-state index contributed by atoms with van der Waals surface area (Å²) < 4.78 is 8.78. The standard InChI is InChI=1S/C43H28N2OS/c1-3-9-29(10-4-1)30-15-20-34(21-16-30)45(36-24-26-42-38(28-36)37-13-7-8-14-41(37)47-42)35-22-17-31(18-23-35)33-19-25-39-40(27-33)46-43(44-39)32-11-5-2-6-12-32/h1-28H. The van der Waals surface area contributed by atoms with Crippen LogP contribution in [-0.4, -0.2) is 4.98 Å². The summed E-state index contributed by atoms with van der Waals surface area (Å²) in [6.45, 7) is 0. The number of hydrogen-bond donors (Lipinski definition) is 0. The molecule has 0 unspecified atom stereocenters. The third kappa shape index (κ3) is 5.05. The van der Waals surface area contributed by atoms with Gasteiger partial charge in [-0.2, -0.15) is 0 Å². The minimum absolute atomic E-state index is 0.636. The highest BCUT2D eigenvalue weighted by atomic mass is 32.1. The predicted octanol–water partition coefficient (Wildman–Crippen LogP) is 12.7. The number of nitrogens with zero attached hydrogens (tertiary/aromatic N) is 2. The zero-order valence-corrected chi connectivity index (χ0v) is 26.2. The molecule has 0 amide bonds. The van der Waals surface area contributed by atoms with E-state index >= 15 is 0 Å². The molecule has 9 aromatic rings. The topological polar surface area (TPSA) is 29.3 Å². The van der Waals surface area contributed by atoms with Gasteiger partial charge in [-0.05, 0) is 95.1 Å². The minimum atomic E-state index is 0.636. The van der Waals surface area contributed by atoms with Gasteiger partial charge in [-0.15, -0.1) is 11.3 Å². The summed E-state index contributed by atoms with van der Waals surface area (Å²) in [5.41, 5.74) is 10.5. The Balaban J connectivity index is 1.11. The smallest absolute Gasteiger partial charge is 0.227 e. The Kier molecular flexibility index (Phi) is 6.65. The molecule has 0 bridgehead atoms. The molecular formula is C43H28N2OS. The number of fused-ring (bicyclic) bond motifs is 4. The Morgan fingerprint density at radius 2 is 0.979 bits per heavy atom. The van der Waals surface area contributed by atoms with E-state index < -0.39 is 0 Å². The average molecular weight is 621 g/mol. The molecule has 0 aliphatic carbocycles. The number of hydrogen-bond acceptors (Lipinski definition) is 4. The normalized spacial score (nSPS) is 11.4. The fourth-order valence-electron chi connectivity index (χ4n) is 6.35. The summed E-state index contributed by atoms with van der Waals surface area (Å²) in [4.78, 5) is 7.06. The van der Waals surface area contributed by atoms with Crippen molar-refractivity contribution in [3.05, 3.63) is 170 Å². The van der Waals surface area contributed by atoms with Crippen LogP contribution in [0.5, 0.6) is 0 Å². The number of anilines is 3. The number of benzene rings is 7.